The van der Waals surface area contributed by atoms with Crippen molar-refractivity contribution < 1.29 is 20.1 Å². The first-order valence-electron chi connectivity index (χ1n) is 8.50. The van der Waals surface area contributed by atoms with Crippen molar-refractivity contribution in [2.24, 2.45) is 0 Å². The summed E-state index contributed by atoms with van der Waals surface area (Å²) in [6.45, 7) is -0.377. The highest BCUT2D eigenvalue weighted by Gasteiger charge is 2.43. The zero-order valence-corrected chi connectivity index (χ0v) is 14.3. The van der Waals surface area contributed by atoms with Gasteiger partial charge in [-0.15, -0.1) is 0 Å². The monoisotopic (exact) mass is 368 g/mol. The van der Waals surface area contributed by atoms with E-state index < -0.39 is 24.5 Å². The van der Waals surface area contributed by atoms with Crippen LogP contribution < -0.4 is 5.32 Å². The molecular formula is C16H21ClN4O4. The second-order valence-electron chi connectivity index (χ2n) is 6.67. The van der Waals surface area contributed by atoms with Crippen LogP contribution in [-0.4, -0.2) is 60.8 Å². The van der Waals surface area contributed by atoms with E-state index in [-0.39, 0.29) is 6.61 Å². The molecule has 0 amide bonds. The lowest BCUT2D eigenvalue weighted by Gasteiger charge is -2.18. The van der Waals surface area contributed by atoms with Gasteiger partial charge in [0.05, 0.1) is 18.5 Å². The molecule has 4 atom stereocenters. The molecule has 2 aromatic rings. The third-order valence-electron chi connectivity index (χ3n) is 5.02. The topological polar surface area (TPSA) is 113 Å². The van der Waals surface area contributed by atoms with E-state index in [1.54, 1.807) is 10.6 Å². The number of aliphatic hydroxyl groups is 3. The van der Waals surface area contributed by atoms with Gasteiger partial charge < -0.3 is 29.9 Å². The summed E-state index contributed by atoms with van der Waals surface area (Å²) in [4.78, 5) is 8.76. The van der Waals surface area contributed by atoms with Crippen LogP contribution in [0.25, 0.3) is 11.0 Å². The maximum atomic E-state index is 10.3. The van der Waals surface area contributed by atoms with Gasteiger partial charge in [0.2, 0.25) is 0 Å². The number of nitrogens with zero attached hydrogens (tertiary/aromatic N) is 3. The van der Waals surface area contributed by atoms with Gasteiger partial charge >= 0.3 is 0 Å². The van der Waals surface area contributed by atoms with Gasteiger partial charge in [-0.3, -0.25) is 0 Å². The second kappa shape index (κ2) is 6.69. The number of rotatable bonds is 4. The first-order valence-corrected chi connectivity index (χ1v) is 8.88. The summed E-state index contributed by atoms with van der Waals surface area (Å²) in [6, 6.07) is 2.01. The minimum atomic E-state index is -1.17. The molecule has 3 heterocycles. The number of anilines is 1. The normalized spacial score (nSPS) is 30.4. The molecule has 2 aliphatic rings. The largest absolute Gasteiger partial charge is 0.394 e. The Hall–Kier alpha value is -1.45. The number of fused-ring (bicyclic) bond motifs is 1. The fourth-order valence-electron chi connectivity index (χ4n) is 3.68. The average molecular weight is 369 g/mol. The van der Waals surface area contributed by atoms with Crippen LogP contribution in [0.1, 0.15) is 31.9 Å². The number of aliphatic hydroxyl groups excluding tert-OH is 3. The Bertz CT molecular complexity index is 764. The number of hydrogen-bond donors (Lipinski definition) is 4. The zero-order chi connectivity index (χ0) is 17.6. The lowest BCUT2D eigenvalue weighted by Crippen LogP contribution is -2.33. The van der Waals surface area contributed by atoms with E-state index in [1.165, 1.54) is 19.2 Å². The molecule has 2 fully saturated rings. The molecule has 1 saturated heterocycles. The van der Waals surface area contributed by atoms with Crippen molar-refractivity contribution >= 4 is 28.5 Å². The zero-order valence-electron chi connectivity index (χ0n) is 13.5. The molecule has 0 spiro atoms. The van der Waals surface area contributed by atoms with E-state index in [2.05, 4.69) is 15.3 Å². The van der Waals surface area contributed by atoms with Gasteiger partial charge in [-0.05, 0) is 12.8 Å². The molecule has 0 bridgehead atoms. The van der Waals surface area contributed by atoms with Crippen LogP contribution in [0, 0.1) is 0 Å². The van der Waals surface area contributed by atoms with Gasteiger partial charge in [0.15, 0.2) is 12.0 Å². The molecule has 4 unspecified atom stereocenters. The van der Waals surface area contributed by atoms with E-state index in [4.69, 9.17) is 16.3 Å². The number of halogens is 1. The van der Waals surface area contributed by atoms with Gasteiger partial charge in [-0.2, -0.15) is 0 Å². The molecule has 0 radical (unpaired) electrons. The minimum absolute atomic E-state index is 0.307. The predicted molar refractivity (Wildman–Crippen MR) is 91.4 cm³/mol. The van der Waals surface area contributed by atoms with Gasteiger partial charge in [-0.1, -0.05) is 24.4 Å². The number of hydrogen-bond acceptors (Lipinski definition) is 7. The maximum Gasteiger partial charge on any atom is 0.164 e. The molecule has 1 aliphatic carbocycles. The van der Waals surface area contributed by atoms with Gasteiger partial charge in [0.1, 0.15) is 29.0 Å². The summed E-state index contributed by atoms with van der Waals surface area (Å²) in [7, 11) is 0. The minimum Gasteiger partial charge on any atom is -0.394 e. The van der Waals surface area contributed by atoms with Gasteiger partial charge in [0, 0.05) is 12.1 Å². The summed E-state index contributed by atoms with van der Waals surface area (Å²) < 4.78 is 7.21. The maximum absolute atomic E-state index is 10.3. The number of imidazole rings is 1. The Morgan fingerprint density at radius 2 is 2.04 bits per heavy atom. The van der Waals surface area contributed by atoms with E-state index in [0.29, 0.717) is 28.0 Å². The average Bonchev–Trinajstić information content (AvgIpc) is 3.29. The molecule has 0 aromatic carbocycles. The van der Waals surface area contributed by atoms with Crippen molar-refractivity contribution in [3.8, 4) is 0 Å². The first-order chi connectivity index (χ1) is 12.1. The smallest absolute Gasteiger partial charge is 0.164 e. The molecule has 4 rings (SSSR count). The Kier molecular flexibility index (Phi) is 4.55. The number of aromatic nitrogens is 3. The highest BCUT2D eigenvalue weighted by atomic mass is 35.5. The van der Waals surface area contributed by atoms with E-state index in [0.717, 1.165) is 12.8 Å². The van der Waals surface area contributed by atoms with Crippen molar-refractivity contribution in [3.05, 3.63) is 17.5 Å². The van der Waals surface area contributed by atoms with Crippen molar-refractivity contribution in [1.29, 1.82) is 0 Å². The number of nitrogens with one attached hydrogen (secondary N) is 1. The molecule has 4 N–H and O–H groups in total. The van der Waals surface area contributed by atoms with E-state index in [9.17, 15) is 15.3 Å². The van der Waals surface area contributed by atoms with Crippen molar-refractivity contribution in [2.45, 2.75) is 56.3 Å². The molecular weight excluding hydrogens is 348 g/mol. The Balaban J connectivity index is 1.70. The SMILES string of the molecule is OCC1OC(n2cnc3c(NC4CCCC4)nc(Cl)cc32)C(O)C1O. The third-order valence-corrected chi connectivity index (χ3v) is 5.21. The quantitative estimate of drug-likeness (QED) is 0.596. The highest BCUT2D eigenvalue weighted by Crippen LogP contribution is 2.34. The molecule has 1 saturated carbocycles. The van der Waals surface area contributed by atoms with Crippen LogP contribution in [0.4, 0.5) is 5.82 Å². The molecule has 2 aromatic heterocycles. The molecule has 8 nitrogen and oxygen atoms in total. The lowest BCUT2D eigenvalue weighted by atomic mass is 10.1. The highest BCUT2D eigenvalue weighted by molar-refractivity contribution is 6.30. The fraction of sp³-hybridized carbons (Fsp3) is 0.625. The summed E-state index contributed by atoms with van der Waals surface area (Å²) >= 11 is 6.18. The molecule has 1 aliphatic heterocycles. The van der Waals surface area contributed by atoms with Crippen LogP contribution in [0.15, 0.2) is 12.4 Å². The Morgan fingerprint density at radius 3 is 2.72 bits per heavy atom. The van der Waals surface area contributed by atoms with Crippen molar-refractivity contribution in [2.75, 3.05) is 11.9 Å². The van der Waals surface area contributed by atoms with Crippen molar-refractivity contribution in [3.63, 3.8) is 0 Å². The van der Waals surface area contributed by atoms with Crippen LogP contribution in [0.2, 0.25) is 5.15 Å². The summed E-state index contributed by atoms with van der Waals surface area (Å²) in [5.41, 5.74) is 1.28. The summed E-state index contributed by atoms with van der Waals surface area (Å²) in [6.07, 6.45) is 2.06. The van der Waals surface area contributed by atoms with Gasteiger partial charge in [0.25, 0.3) is 0 Å². The number of pyridine rings is 1. The molecule has 25 heavy (non-hydrogen) atoms. The van der Waals surface area contributed by atoms with E-state index >= 15 is 0 Å². The fourth-order valence-corrected chi connectivity index (χ4v) is 3.87. The van der Waals surface area contributed by atoms with Crippen LogP contribution in [-0.2, 0) is 4.74 Å². The first kappa shape index (κ1) is 17.0. The van der Waals surface area contributed by atoms with Crippen LogP contribution in [0.3, 0.4) is 0 Å². The predicted octanol–water partition coefficient (Wildman–Crippen LogP) is 1.05. The van der Waals surface area contributed by atoms with E-state index in [1.807, 2.05) is 0 Å². The third kappa shape index (κ3) is 2.98. The Labute approximate surface area is 149 Å². The standard InChI is InChI=1S/C16H21ClN4O4/c17-11-5-9-12(15(20-11)19-8-3-1-2-4-8)18-7-21(9)16-14(24)13(23)10(6-22)25-16/h5,7-8,10,13-14,16,22-24H,1-4,6H2,(H,19,20). The Morgan fingerprint density at radius 1 is 1.28 bits per heavy atom. The van der Waals surface area contributed by atoms with Crippen LogP contribution >= 0.6 is 11.6 Å². The summed E-state index contributed by atoms with van der Waals surface area (Å²) in [5, 5.41) is 33.2. The summed E-state index contributed by atoms with van der Waals surface area (Å²) in [5.74, 6) is 0.611. The van der Waals surface area contributed by atoms with Gasteiger partial charge in [-0.25, -0.2) is 9.97 Å². The molecule has 136 valence electrons. The lowest BCUT2D eigenvalue weighted by molar-refractivity contribution is -0.0508. The molecule has 9 heteroatoms. The number of ether oxygens (including phenoxy) is 1. The second-order valence-corrected chi connectivity index (χ2v) is 7.05. The van der Waals surface area contributed by atoms with Crippen molar-refractivity contribution in [1.82, 2.24) is 14.5 Å². The van der Waals surface area contributed by atoms with Crippen LogP contribution in [0.5, 0.6) is 0 Å².